The smallest absolute Gasteiger partial charge is 0.365 e. The maximum atomic E-state index is 14.6. The van der Waals surface area contributed by atoms with Gasteiger partial charge in [-0.05, 0) is 93.9 Å². The number of carbonyl (C=O) groups is 2. The third-order valence-electron chi connectivity index (χ3n) is 10.5. The maximum absolute atomic E-state index is 14.6. The Morgan fingerprint density at radius 3 is 2.27 bits per heavy atom. The van der Waals surface area contributed by atoms with Crippen LogP contribution in [0.3, 0.4) is 0 Å². The van der Waals surface area contributed by atoms with Gasteiger partial charge in [0, 0.05) is 35.3 Å². The van der Waals surface area contributed by atoms with Crippen LogP contribution in [0, 0.1) is 24.7 Å². The zero-order valence-electron chi connectivity index (χ0n) is 26.5. The summed E-state index contributed by atoms with van der Waals surface area (Å²) in [5, 5.41) is 12.7. The summed E-state index contributed by atoms with van der Waals surface area (Å²) in [4.78, 5) is 31.2. The number of nitrogens with two attached hydrogens (primary N) is 1. The highest BCUT2D eigenvalue weighted by atomic mass is 32.1. The fourth-order valence-corrected chi connectivity index (χ4v) is 9.93. The first-order valence-corrected chi connectivity index (χ1v) is 17.1. The van der Waals surface area contributed by atoms with Gasteiger partial charge < -0.3 is 11.1 Å². The van der Waals surface area contributed by atoms with Crippen molar-refractivity contribution >= 4 is 39.1 Å². The molecular weight excluding hydrogens is 639 g/mol. The monoisotopic (exact) mass is 673 g/mol. The fraction of sp³-hybridized carbons (Fsp3) is 0.400. The van der Waals surface area contributed by atoms with Gasteiger partial charge in [0.2, 0.25) is 0 Å². The van der Waals surface area contributed by atoms with E-state index in [1.165, 1.54) is 19.3 Å². The van der Waals surface area contributed by atoms with Gasteiger partial charge in [-0.25, -0.2) is 9.67 Å². The average molecular weight is 674 g/mol. The minimum absolute atomic E-state index is 0.0382. The third-order valence-corrected chi connectivity index (χ3v) is 11.6. The molecule has 0 unspecified atom stereocenters. The number of para-hydroxylation sites is 1. The summed E-state index contributed by atoms with van der Waals surface area (Å²) >= 11 is 0.732. The predicted molar refractivity (Wildman–Crippen MR) is 176 cm³/mol. The van der Waals surface area contributed by atoms with Crippen LogP contribution in [-0.4, -0.2) is 36.4 Å². The van der Waals surface area contributed by atoms with Gasteiger partial charge in [-0.3, -0.25) is 14.3 Å². The standard InChI is InChI=1S/C35H34F3N7O2S/c1-3-44-16-24(18(2)42-44)23-12-26(35(36,37)38)40-33-27(23)28(29(48-33)31(39)46)41-32(47)25-17-45(22-7-5-4-6-8-22)43-30(25)34-13-19-9-20(14-34)11-21(10-19)15-34/h4-8,12,16-17,19-21H,3,9-11,13-15H2,1-2H3,(H2,39,46)(H,41,47). The zero-order chi connectivity index (χ0) is 33.5. The fourth-order valence-electron chi connectivity index (χ4n) is 8.92. The van der Waals surface area contributed by atoms with Gasteiger partial charge in [0.15, 0.2) is 0 Å². The van der Waals surface area contributed by atoms with Gasteiger partial charge in [0.1, 0.15) is 15.4 Å². The molecule has 4 aromatic heterocycles. The van der Waals surface area contributed by atoms with E-state index in [0.717, 1.165) is 48.0 Å². The van der Waals surface area contributed by atoms with Gasteiger partial charge >= 0.3 is 6.18 Å². The number of amides is 2. The topological polar surface area (TPSA) is 121 Å². The minimum atomic E-state index is -4.75. The molecule has 3 N–H and O–H groups in total. The van der Waals surface area contributed by atoms with Gasteiger partial charge in [-0.1, -0.05) is 18.2 Å². The van der Waals surface area contributed by atoms with E-state index in [0.29, 0.717) is 41.1 Å². The number of nitrogens with zero attached hydrogens (tertiary/aromatic N) is 5. The molecule has 4 heterocycles. The Labute approximate surface area is 278 Å². The molecule has 0 saturated heterocycles. The number of thiophene rings is 1. The highest BCUT2D eigenvalue weighted by Crippen LogP contribution is 2.61. The number of benzene rings is 1. The summed E-state index contributed by atoms with van der Waals surface area (Å²) in [5.74, 6) is 0.409. The Kier molecular flexibility index (Phi) is 7.06. The van der Waals surface area contributed by atoms with Crippen LogP contribution in [0.2, 0.25) is 0 Å². The van der Waals surface area contributed by atoms with Gasteiger partial charge in [0.05, 0.1) is 28.3 Å². The second kappa shape index (κ2) is 11.0. The summed E-state index contributed by atoms with van der Waals surface area (Å²) in [6.45, 7) is 4.08. The Morgan fingerprint density at radius 2 is 1.69 bits per heavy atom. The van der Waals surface area contributed by atoms with Crippen LogP contribution in [0.5, 0.6) is 0 Å². The lowest BCUT2D eigenvalue weighted by molar-refractivity contribution is -0.140. The summed E-state index contributed by atoms with van der Waals surface area (Å²) in [7, 11) is 0. The maximum Gasteiger partial charge on any atom is 0.433 e. The molecule has 9 nitrogen and oxygen atoms in total. The molecule has 2 amide bonds. The number of halogens is 3. The predicted octanol–water partition coefficient (Wildman–Crippen LogP) is 7.51. The quantitative estimate of drug-likeness (QED) is 0.185. The van der Waals surface area contributed by atoms with E-state index in [1.54, 1.807) is 28.7 Å². The van der Waals surface area contributed by atoms with Crippen molar-refractivity contribution in [1.82, 2.24) is 24.5 Å². The van der Waals surface area contributed by atoms with Crippen LogP contribution >= 0.6 is 11.3 Å². The van der Waals surface area contributed by atoms with Crippen LogP contribution in [0.15, 0.2) is 48.8 Å². The number of hydrogen-bond donors (Lipinski definition) is 2. The van der Waals surface area contributed by atoms with E-state index in [1.807, 2.05) is 37.3 Å². The summed E-state index contributed by atoms with van der Waals surface area (Å²) < 4.78 is 45.7. The van der Waals surface area contributed by atoms with E-state index < -0.39 is 23.7 Å². The SMILES string of the molecule is CCn1cc(-c2cc(C(F)(F)F)nc3sc(C(N)=O)c(NC(=O)c4cn(-c5ccccc5)nc4C45CC6CC(CC(C6)C4)C5)c23)c(C)n1. The number of hydrogen-bond acceptors (Lipinski definition) is 6. The van der Waals surface area contributed by atoms with E-state index in [2.05, 4.69) is 15.4 Å². The van der Waals surface area contributed by atoms with E-state index in [9.17, 15) is 22.8 Å². The van der Waals surface area contributed by atoms with Gasteiger partial charge in [-0.2, -0.15) is 23.4 Å². The number of carbonyl (C=O) groups excluding carboxylic acids is 2. The van der Waals surface area contributed by atoms with Crippen molar-refractivity contribution in [3.63, 3.8) is 0 Å². The van der Waals surface area contributed by atoms with E-state index in [-0.39, 0.29) is 31.8 Å². The molecule has 0 atom stereocenters. The summed E-state index contributed by atoms with van der Waals surface area (Å²) in [6.07, 6.45) is 5.18. The van der Waals surface area contributed by atoms with Crippen molar-refractivity contribution in [3.8, 4) is 16.8 Å². The van der Waals surface area contributed by atoms with Crippen molar-refractivity contribution in [2.45, 2.75) is 70.5 Å². The normalized spacial score (nSPS) is 23.2. The molecule has 4 aliphatic carbocycles. The molecule has 4 fully saturated rings. The molecule has 13 heteroatoms. The van der Waals surface area contributed by atoms with Crippen LogP contribution in [0.1, 0.15) is 82.6 Å². The molecule has 0 aliphatic heterocycles. The molecular formula is C35H34F3N7O2S. The number of primary amides is 1. The highest BCUT2D eigenvalue weighted by Gasteiger charge is 2.54. The minimum Gasteiger partial charge on any atom is -0.365 e. The number of anilines is 1. The lowest BCUT2D eigenvalue weighted by Gasteiger charge is -2.56. The number of pyridine rings is 1. The largest absolute Gasteiger partial charge is 0.433 e. The average Bonchev–Trinajstić information content (AvgIpc) is 3.76. The Balaban J connectivity index is 1.30. The van der Waals surface area contributed by atoms with Crippen molar-refractivity contribution in [3.05, 3.63) is 76.3 Å². The number of aromatic nitrogens is 5. The van der Waals surface area contributed by atoms with Crippen molar-refractivity contribution < 1.29 is 22.8 Å². The highest BCUT2D eigenvalue weighted by molar-refractivity contribution is 7.21. The molecule has 9 rings (SSSR count). The first-order valence-electron chi connectivity index (χ1n) is 16.3. The number of alkyl halides is 3. The summed E-state index contributed by atoms with van der Waals surface area (Å²) in [6, 6.07) is 10.5. The number of rotatable bonds is 7. The Morgan fingerprint density at radius 1 is 1.02 bits per heavy atom. The lowest BCUT2D eigenvalue weighted by Crippen LogP contribution is -2.49. The molecule has 1 aromatic carbocycles. The molecule has 48 heavy (non-hydrogen) atoms. The number of aryl methyl sites for hydroxylation is 2. The van der Waals surface area contributed by atoms with Crippen LogP contribution in [0.4, 0.5) is 18.9 Å². The zero-order valence-corrected chi connectivity index (χ0v) is 27.3. The molecule has 0 radical (unpaired) electrons. The van der Waals surface area contributed by atoms with E-state index >= 15 is 0 Å². The number of nitrogens with one attached hydrogen (secondary N) is 1. The third kappa shape index (κ3) is 5.01. The van der Waals surface area contributed by atoms with Crippen molar-refractivity contribution in [1.29, 1.82) is 0 Å². The first kappa shape index (κ1) is 30.8. The molecule has 5 aromatic rings. The van der Waals surface area contributed by atoms with Crippen LogP contribution in [0.25, 0.3) is 27.0 Å². The molecule has 4 saturated carbocycles. The van der Waals surface area contributed by atoms with Crippen molar-refractivity contribution in [2.24, 2.45) is 23.5 Å². The molecule has 4 aliphatic rings. The molecule has 4 bridgehead atoms. The summed E-state index contributed by atoms with van der Waals surface area (Å²) in [5.41, 5.74) is 7.50. The van der Waals surface area contributed by atoms with Crippen LogP contribution in [-0.2, 0) is 18.1 Å². The first-order chi connectivity index (χ1) is 22.9. The Hall–Kier alpha value is -4.52. The van der Waals surface area contributed by atoms with Gasteiger partial charge in [-0.15, -0.1) is 11.3 Å². The molecule has 0 spiro atoms. The Bertz CT molecular complexity index is 2060. The van der Waals surface area contributed by atoms with Crippen LogP contribution < -0.4 is 11.1 Å². The second-order valence-electron chi connectivity index (χ2n) is 13.7. The van der Waals surface area contributed by atoms with E-state index in [4.69, 9.17) is 10.8 Å². The second-order valence-corrected chi connectivity index (χ2v) is 14.7. The molecule has 248 valence electrons. The van der Waals surface area contributed by atoms with Gasteiger partial charge in [0.25, 0.3) is 11.8 Å². The number of fused-ring (bicyclic) bond motifs is 1. The van der Waals surface area contributed by atoms with Crippen molar-refractivity contribution in [2.75, 3.05) is 5.32 Å². The lowest BCUT2D eigenvalue weighted by atomic mass is 9.48.